The fourth-order valence-corrected chi connectivity index (χ4v) is 1.61. The van der Waals surface area contributed by atoms with E-state index in [1.54, 1.807) is 0 Å². The van der Waals surface area contributed by atoms with Crippen LogP contribution in [0.5, 0.6) is 0 Å². The molecule has 0 heterocycles. The first kappa shape index (κ1) is 7.96. The zero-order valence-electron chi connectivity index (χ0n) is 6.20. The zero-order chi connectivity index (χ0) is 6.62. The third-order valence-corrected chi connectivity index (χ3v) is 2.89. The van der Waals surface area contributed by atoms with E-state index in [1.807, 2.05) is 6.08 Å². The van der Waals surface area contributed by atoms with E-state index in [4.69, 9.17) is 0 Å². The summed E-state index contributed by atoms with van der Waals surface area (Å²) in [6, 6.07) is 1.39. The first-order valence-corrected chi connectivity index (χ1v) is 6.88. The molecule has 0 radical (unpaired) electrons. The maximum absolute atomic E-state index is 3.69. The van der Waals surface area contributed by atoms with E-state index in [1.165, 1.54) is 12.5 Å². The molecule has 0 aromatic heterocycles. The molecule has 0 rings (SSSR count). The summed E-state index contributed by atoms with van der Waals surface area (Å²) in [4.78, 5) is 0. The predicted molar refractivity (Wildman–Crippen MR) is 43.0 cm³/mol. The van der Waals surface area contributed by atoms with E-state index in [0.29, 0.717) is 0 Å². The summed E-state index contributed by atoms with van der Waals surface area (Å²) >= 11 is 0. The van der Waals surface area contributed by atoms with Crippen molar-refractivity contribution >= 4 is 8.07 Å². The molecule has 0 bridgehead atoms. The normalized spacial score (nSPS) is 11.4. The van der Waals surface area contributed by atoms with Crippen LogP contribution in [0.4, 0.5) is 0 Å². The van der Waals surface area contributed by atoms with Crippen LogP contribution < -0.4 is 0 Å². The van der Waals surface area contributed by atoms with Crippen LogP contribution in [0.25, 0.3) is 0 Å². The predicted octanol–water partition coefficient (Wildman–Crippen LogP) is 2.90. The molecule has 0 aliphatic rings. The van der Waals surface area contributed by atoms with Crippen LogP contribution >= 0.6 is 0 Å². The molecule has 0 saturated carbocycles. The van der Waals surface area contributed by atoms with Crippen molar-refractivity contribution in [1.82, 2.24) is 0 Å². The minimum absolute atomic E-state index is 0.749. The van der Waals surface area contributed by atoms with Crippen LogP contribution in [0.3, 0.4) is 0 Å². The zero-order valence-corrected chi connectivity index (χ0v) is 7.20. The summed E-state index contributed by atoms with van der Waals surface area (Å²) in [6.07, 6.45) is 3.22. The third-order valence-electron chi connectivity index (χ3n) is 1.10. The molecule has 0 spiro atoms. The molecule has 0 atom stereocenters. The first-order chi connectivity index (χ1) is 3.56. The lowest BCUT2D eigenvalue weighted by atomic mass is 10.5. The fraction of sp³-hybridized carbons (Fsp3) is 0.714. The Balaban J connectivity index is 3.24. The number of allylic oxidation sites excluding steroid dienone is 1. The molecule has 0 N–H and O–H groups in total. The Bertz CT molecular complexity index is 68.9. The molecule has 48 valence electrons. The van der Waals surface area contributed by atoms with Gasteiger partial charge in [-0.25, -0.2) is 0 Å². The van der Waals surface area contributed by atoms with E-state index >= 15 is 0 Å². The Hall–Kier alpha value is -0.0431. The second-order valence-electron chi connectivity index (χ2n) is 3.39. The Morgan fingerprint density at radius 3 is 2.00 bits per heavy atom. The minimum atomic E-state index is -0.749. The Kier molecular flexibility index (Phi) is 3.06. The maximum atomic E-state index is 3.69. The fourth-order valence-electron chi connectivity index (χ4n) is 0.535. The van der Waals surface area contributed by atoms with Crippen LogP contribution in [0, 0.1) is 0 Å². The summed E-state index contributed by atoms with van der Waals surface area (Å²) in [5.41, 5.74) is 0. The van der Waals surface area contributed by atoms with Crippen LogP contribution in [0.15, 0.2) is 12.7 Å². The van der Waals surface area contributed by atoms with Gasteiger partial charge in [-0.3, -0.25) is 0 Å². The average molecular weight is 128 g/mol. The highest BCUT2D eigenvalue weighted by Crippen LogP contribution is 2.10. The lowest BCUT2D eigenvalue weighted by molar-refractivity contribution is 1.16. The number of hydrogen-bond donors (Lipinski definition) is 0. The molecular formula is C7H16Si. The lowest BCUT2D eigenvalue weighted by Crippen LogP contribution is -2.17. The summed E-state index contributed by atoms with van der Waals surface area (Å²) < 4.78 is 0. The van der Waals surface area contributed by atoms with Crippen molar-refractivity contribution in [1.29, 1.82) is 0 Å². The van der Waals surface area contributed by atoms with Crippen LogP contribution in [0.1, 0.15) is 6.42 Å². The van der Waals surface area contributed by atoms with Crippen molar-refractivity contribution < 1.29 is 0 Å². The molecule has 0 saturated heterocycles. The van der Waals surface area contributed by atoms with E-state index in [9.17, 15) is 0 Å². The standard InChI is InChI=1S/C7H16Si/c1-5-6-7-8(2,3)4/h5H,1,6-7H2,2-4H3. The molecule has 0 nitrogen and oxygen atoms in total. The number of hydrogen-bond acceptors (Lipinski definition) is 0. The molecule has 1 heteroatoms. The highest BCUT2D eigenvalue weighted by atomic mass is 28.3. The SMILES string of the molecule is C=CCC[Si](C)(C)C. The molecule has 0 fully saturated rings. The monoisotopic (exact) mass is 128 g/mol. The van der Waals surface area contributed by atoms with Gasteiger partial charge >= 0.3 is 0 Å². The van der Waals surface area contributed by atoms with Crippen molar-refractivity contribution in [2.75, 3.05) is 0 Å². The molecule has 0 amide bonds. The Morgan fingerprint density at radius 2 is 1.88 bits per heavy atom. The molecule has 0 aliphatic heterocycles. The van der Waals surface area contributed by atoms with Gasteiger partial charge in [0, 0.05) is 8.07 Å². The minimum Gasteiger partial charge on any atom is -0.103 e. The van der Waals surface area contributed by atoms with E-state index in [2.05, 4.69) is 26.2 Å². The summed E-state index contributed by atoms with van der Waals surface area (Å²) in [5, 5.41) is 0. The average Bonchev–Trinajstić information content (AvgIpc) is 1.59. The van der Waals surface area contributed by atoms with Gasteiger partial charge in [0.25, 0.3) is 0 Å². The third kappa shape index (κ3) is 5.96. The molecule has 0 aromatic carbocycles. The van der Waals surface area contributed by atoms with Gasteiger partial charge in [-0.1, -0.05) is 31.8 Å². The highest BCUT2D eigenvalue weighted by Gasteiger charge is 2.09. The van der Waals surface area contributed by atoms with Crippen molar-refractivity contribution in [3.8, 4) is 0 Å². The van der Waals surface area contributed by atoms with Gasteiger partial charge < -0.3 is 0 Å². The van der Waals surface area contributed by atoms with Gasteiger partial charge in [0.15, 0.2) is 0 Å². The highest BCUT2D eigenvalue weighted by molar-refractivity contribution is 6.76. The van der Waals surface area contributed by atoms with E-state index in [-0.39, 0.29) is 0 Å². The topological polar surface area (TPSA) is 0 Å². The van der Waals surface area contributed by atoms with Crippen LogP contribution in [0.2, 0.25) is 25.7 Å². The Morgan fingerprint density at radius 1 is 1.38 bits per heavy atom. The first-order valence-electron chi connectivity index (χ1n) is 3.17. The molecule has 8 heavy (non-hydrogen) atoms. The van der Waals surface area contributed by atoms with Gasteiger partial charge in [0.2, 0.25) is 0 Å². The summed E-state index contributed by atoms with van der Waals surface area (Å²) in [5.74, 6) is 0. The van der Waals surface area contributed by atoms with E-state index < -0.39 is 8.07 Å². The van der Waals surface area contributed by atoms with Crippen LogP contribution in [-0.4, -0.2) is 8.07 Å². The Labute approximate surface area is 53.6 Å². The molecule has 0 unspecified atom stereocenters. The van der Waals surface area contributed by atoms with Gasteiger partial charge in [0.1, 0.15) is 0 Å². The molecule has 0 aromatic rings. The quantitative estimate of drug-likeness (QED) is 0.405. The second-order valence-corrected chi connectivity index (χ2v) is 9.01. The van der Waals surface area contributed by atoms with Crippen molar-refractivity contribution in [3.63, 3.8) is 0 Å². The van der Waals surface area contributed by atoms with Crippen molar-refractivity contribution in [2.45, 2.75) is 32.1 Å². The van der Waals surface area contributed by atoms with Crippen molar-refractivity contribution in [2.24, 2.45) is 0 Å². The largest absolute Gasteiger partial charge is 0.103 e. The maximum Gasteiger partial charge on any atom is 0.0445 e. The summed E-state index contributed by atoms with van der Waals surface area (Å²) in [6.45, 7) is 10.8. The second kappa shape index (κ2) is 3.08. The summed E-state index contributed by atoms with van der Waals surface area (Å²) in [7, 11) is -0.749. The van der Waals surface area contributed by atoms with Crippen LogP contribution in [-0.2, 0) is 0 Å². The number of rotatable bonds is 3. The smallest absolute Gasteiger partial charge is 0.0445 e. The molecule has 0 aliphatic carbocycles. The van der Waals surface area contributed by atoms with E-state index in [0.717, 1.165) is 0 Å². The van der Waals surface area contributed by atoms with Gasteiger partial charge in [0.05, 0.1) is 0 Å². The van der Waals surface area contributed by atoms with Crippen molar-refractivity contribution in [3.05, 3.63) is 12.7 Å². The lowest BCUT2D eigenvalue weighted by Gasteiger charge is -2.12. The van der Waals surface area contributed by atoms with Gasteiger partial charge in [-0.15, -0.1) is 6.58 Å². The molecular weight excluding hydrogens is 112 g/mol. The van der Waals surface area contributed by atoms with Gasteiger partial charge in [-0.2, -0.15) is 0 Å². The van der Waals surface area contributed by atoms with Gasteiger partial charge in [-0.05, 0) is 6.42 Å².